The Kier molecular flexibility index (Phi) is 3.61. The third kappa shape index (κ3) is 2.90. The Labute approximate surface area is 122 Å². The lowest BCUT2D eigenvalue weighted by Gasteiger charge is -2.08. The van der Waals surface area contributed by atoms with Crippen LogP contribution in [-0.2, 0) is 6.42 Å². The molecule has 0 spiro atoms. The van der Waals surface area contributed by atoms with Crippen LogP contribution in [-0.4, -0.2) is 15.0 Å². The smallest absolute Gasteiger partial charge is 0.224 e. The molecule has 6 heteroatoms. The summed E-state index contributed by atoms with van der Waals surface area (Å²) in [6.07, 6.45) is 2.45. The van der Waals surface area contributed by atoms with Gasteiger partial charge in [-0.2, -0.15) is 4.98 Å². The summed E-state index contributed by atoms with van der Waals surface area (Å²) in [4.78, 5) is 12.9. The maximum absolute atomic E-state index is 5.78. The van der Waals surface area contributed by atoms with Gasteiger partial charge in [0.25, 0.3) is 0 Å². The minimum atomic E-state index is 0.449. The molecule has 0 aliphatic rings. The summed E-state index contributed by atoms with van der Waals surface area (Å²) in [7, 11) is 0. The first kappa shape index (κ1) is 13.3. The second-order valence-electron chi connectivity index (χ2n) is 4.47. The molecule has 106 valence electrons. The van der Waals surface area contributed by atoms with Crippen molar-refractivity contribution in [3.05, 3.63) is 48.4 Å². The molecule has 1 aromatic carbocycles. The first-order valence-corrected chi connectivity index (χ1v) is 6.65. The van der Waals surface area contributed by atoms with Crippen molar-refractivity contribution in [2.45, 2.75) is 13.3 Å². The Bertz CT molecular complexity index is 753. The quantitative estimate of drug-likeness (QED) is 0.565. The largest absolute Gasteiger partial charge is 0.439 e. The Balaban J connectivity index is 1.94. The third-order valence-electron chi connectivity index (χ3n) is 3.01. The van der Waals surface area contributed by atoms with Crippen molar-refractivity contribution >= 4 is 16.7 Å². The molecule has 0 unspecified atom stereocenters. The fourth-order valence-corrected chi connectivity index (χ4v) is 1.99. The Morgan fingerprint density at radius 1 is 1.19 bits per heavy atom. The monoisotopic (exact) mass is 281 g/mol. The number of anilines is 1. The molecule has 3 rings (SSSR count). The predicted octanol–water partition coefficient (Wildman–Crippen LogP) is 2.67. The van der Waals surface area contributed by atoms with Crippen LogP contribution in [0.1, 0.15) is 12.7 Å². The van der Waals surface area contributed by atoms with Crippen molar-refractivity contribution < 1.29 is 4.74 Å². The molecule has 0 radical (unpaired) electrons. The molecule has 0 saturated carbocycles. The topological polar surface area (TPSA) is 86.0 Å². The predicted molar refractivity (Wildman–Crippen MR) is 81.0 cm³/mol. The Morgan fingerprint density at radius 3 is 2.90 bits per heavy atom. The van der Waals surface area contributed by atoms with Crippen LogP contribution in [0, 0.1) is 0 Å². The van der Waals surface area contributed by atoms with Gasteiger partial charge in [0.05, 0.1) is 5.52 Å². The number of hydrazine groups is 1. The SMILES string of the molecule is CCc1nc(NN)cc(Oc2ccc3cccnc3c2)n1. The maximum atomic E-state index is 5.78. The van der Waals surface area contributed by atoms with Crippen LogP contribution < -0.4 is 16.0 Å². The average molecular weight is 281 g/mol. The minimum absolute atomic E-state index is 0.449. The van der Waals surface area contributed by atoms with E-state index in [0.29, 0.717) is 29.7 Å². The highest BCUT2D eigenvalue weighted by molar-refractivity contribution is 5.79. The van der Waals surface area contributed by atoms with Gasteiger partial charge in [-0.3, -0.25) is 4.98 Å². The number of hydrogen-bond donors (Lipinski definition) is 2. The number of pyridine rings is 1. The van der Waals surface area contributed by atoms with Crippen molar-refractivity contribution in [1.82, 2.24) is 15.0 Å². The van der Waals surface area contributed by atoms with Crippen LogP contribution >= 0.6 is 0 Å². The summed E-state index contributed by atoms with van der Waals surface area (Å²) in [5.41, 5.74) is 3.39. The van der Waals surface area contributed by atoms with Gasteiger partial charge in [0.15, 0.2) is 0 Å². The highest BCUT2D eigenvalue weighted by atomic mass is 16.5. The van der Waals surface area contributed by atoms with E-state index in [1.54, 1.807) is 12.3 Å². The van der Waals surface area contributed by atoms with Gasteiger partial charge in [-0.05, 0) is 18.2 Å². The van der Waals surface area contributed by atoms with Gasteiger partial charge in [-0.1, -0.05) is 13.0 Å². The van der Waals surface area contributed by atoms with E-state index in [2.05, 4.69) is 20.4 Å². The molecule has 3 aromatic rings. The fraction of sp³-hybridized carbons (Fsp3) is 0.133. The zero-order valence-corrected chi connectivity index (χ0v) is 11.6. The number of ether oxygens (including phenoxy) is 1. The second kappa shape index (κ2) is 5.72. The molecule has 0 amide bonds. The number of benzene rings is 1. The van der Waals surface area contributed by atoms with Crippen LogP contribution in [0.5, 0.6) is 11.6 Å². The molecular weight excluding hydrogens is 266 g/mol. The number of hydrogen-bond acceptors (Lipinski definition) is 6. The number of aromatic nitrogens is 3. The van der Waals surface area contributed by atoms with E-state index in [9.17, 15) is 0 Å². The van der Waals surface area contributed by atoms with Crippen LogP contribution in [0.3, 0.4) is 0 Å². The Hall–Kier alpha value is -2.73. The van der Waals surface area contributed by atoms with E-state index in [0.717, 1.165) is 10.9 Å². The van der Waals surface area contributed by atoms with Gasteiger partial charge in [0.1, 0.15) is 17.4 Å². The van der Waals surface area contributed by atoms with Gasteiger partial charge in [0, 0.05) is 30.1 Å². The van der Waals surface area contributed by atoms with E-state index >= 15 is 0 Å². The molecule has 2 heterocycles. The van der Waals surface area contributed by atoms with Crippen LogP contribution in [0.4, 0.5) is 5.82 Å². The lowest BCUT2D eigenvalue weighted by atomic mass is 10.2. The first-order chi connectivity index (χ1) is 10.3. The average Bonchev–Trinajstić information content (AvgIpc) is 2.54. The normalized spacial score (nSPS) is 10.6. The summed E-state index contributed by atoms with van der Waals surface area (Å²) >= 11 is 0. The number of fused-ring (bicyclic) bond motifs is 1. The van der Waals surface area contributed by atoms with E-state index in [-0.39, 0.29) is 0 Å². The van der Waals surface area contributed by atoms with Gasteiger partial charge in [-0.25, -0.2) is 10.8 Å². The molecule has 6 nitrogen and oxygen atoms in total. The molecule has 21 heavy (non-hydrogen) atoms. The Morgan fingerprint density at radius 2 is 2.10 bits per heavy atom. The molecule has 0 atom stereocenters. The fourth-order valence-electron chi connectivity index (χ4n) is 1.99. The van der Waals surface area contributed by atoms with Crippen molar-refractivity contribution in [1.29, 1.82) is 0 Å². The molecule has 0 aliphatic carbocycles. The van der Waals surface area contributed by atoms with Crippen molar-refractivity contribution in [3.8, 4) is 11.6 Å². The number of nitrogens with one attached hydrogen (secondary N) is 1. The van der Waals surface area contributed by atoms with Crippen LogP contribution in [0.2, 0.25) is 0 Å². The van der Waals surface area contributed by atoms with E-state index in [1.807, 2.05) is 37.3 Å². The summed E-state index contributed by atoms with van der Waals surface area (Å²) in [5, 5.41) is 1.06. The van der Waals surface area contributed by atoms with E-state index in [4.69, 9.17) is 10.6 Å². The summed E-state index contributed by atoms with van der Waals surface area (Å²) in [5.74, 6) is 7.71. The molecule has 0 bridgehead atoms. The summed E-state index contributed by atoms with van der Waals surface area (Å²) in [6.45, 7) is 1.97. The van der Waals surface area contributed by atoms with Gasteiger partial charge in [-0.15, -0.1) is 0 Å². The number of rotatable bonds is 4. The van der Waals surface area contributed by atoms with Gasteiger partial charge >= 0.3 is 0 Å². The van der Waals surface area contributed by atoms with E-state index in [1.165, 1.54) is 0 Å². The highest BCUT2D eigenvalue weighted by Gasteiger charge is 2.06. The lowest BCUT2D eigenvalue weighted by Crippen LogP contribution is -2.10. The van der Waals surface area contributed by atoms with Crippen molar-refractivity contribution in [2.75, 3.05) is 5.43 Å². The number of nitrogens with two attached hydrogens (primary N) is 1. The maximum Gasteiger partial charge on any atom is 0.224 e. The first-order valence-electron chi connectivity index (χ1n) is 6.65. The number of aryl methyl sites for hydroxylation is 1. The highest BCUT2D eigenvalue weighted by Crippen LogP contribution is 2.24. The van der Waals surface area contributed by atoms with Crippen molar-refractivity contribution in [2.24, 2.45) is 5.84 Å². The molecule has 2 aromatic heterocycles. The van der Waals surface area contributed by atoms with Crippen LogP contribution in [0.25, 0.3) is 10.9 Å². The molecule has 0 aliphatic heterocycles. The molecular formula is C15H15N5O. The van der Waals surface area contributed by atoms with Gasteiger partial charge < -0.3 is 10.2 Å². The summed E-state index contributed by atoms with van der Waals surface area (Å²) in [6, 6.07) is 11.3. The van der Waals surface area contributed by atoms with E-state index < -0.39 is 0 Å². The van der Waals surface area contributed by atoms with Gasteiger partial charge in [0.2, 0.25) is 5.88 Å². The zero-order chi connectivity index (χ0) is 14.7. The summed E-state index contributed by atoms with van der Waals surface area (Å²) < 4.78 is 5.78. The number of nitrogen functional groups attached to an aromatic ring is 1. The molecule has 0 fully saturated rings. The zero-order valence-electron chi connectivity index (χ0n) is 11.6. The molecule has 3 N–H and O–H groups in total. The third-order valence-corrected chi connectivity index (χ3v) is 3.01. The standard InChI is InChI=1S/C15H15N5O/c1-2-13-18-14(20-16)9-15(19-13)21-11-6-5-10-4-3-7-17-12(10)8-11/h3-9H,2,16H2,1H3,(H,18,19,20). The van der Waals surface area contributed by atoms with Crippen molar-refractivity contribution in [3.63, 3.8) is 0 Å². The molecule has 0 saturated heterocycles. The lowest BCUT2D eigenvalue weighted by molar-refractivity contribution is 0.460. The minimum Gasteiger partial charge on any atom is -0.439 e. The van der Waals surface area contributed by atoms with Crippen LogP contribution in [0.15, 0.2) is 42.6 Å². The number of nitrogens with zero attached hydrogens (tertiary/aromatic N) is 3. The second-order valence-corrected chi connectivity index (χ2v) is 4.47.